The molecular weight excluding hydrogens is 465 g/mol. The predicted octanol–water partition coefficient (Wildman–Crippen LogP) is 3.16. The molecule has 0 amide bonds. The van der Waals surface area contributed by atoms with Gasteiger partial charge in [0.1, 0.15) is 11.5 Å². The number of halogens is 1. The monoisotopic (exact) mass is 485 g/mol. The fourth-order valence-corrected chi connectivity index (χ4v) is 3.86. The third-order valence-electron chi connectivity index (χ3n) is 5.49. The van der Waals surface area contributed by atoms with E-state index in [1.807, 2.05) is 31.2 Å². The molecule has 36 heavy (non-hydrogen) atoms. The zero-order chi connectivity index (χ0) is 25.2. The summed E-state index contributed by atoms with van der Waals surface area (Å²) in [5, 5.41) is 0. The standard InChI is InChI=1S/C26H20FN5O4/c1-17-6-5-7-19(12-17)31-24(33)29-25(34)32(26(31)35)20-10-11-22(36-21-8-3-2-4-9-21)18(13-20)14-30-15-23(27)28-16-30/h2-13,15-16H,14H2,1H3,(H,29,33,34). The predicted molar refractivity (Wildman–Crippen MR) is 131 cm³/mol. The number of benzene rings is 3. The second-order valence-corrected chi connectivity index (χ2v) is 8.10. The van der Waals surface area contributed by atoms with Crippen molar-refractivity contribution in [1.29, 1.82) is 0 Å². The molecule has 0 unspecified atom stereocenters. The summed E-state index contributed by atoms with van der Waals surface area (Å²) in [6.07, 6.45) is 2.54. The highest BCUT2D eigenvalue weighted by Gasteiger charge is 2.16. The number of aromatic amines is 1. The summed E-state index contributed by atoms with van der Waals surface area (Å²) in [6.45, 7) is 1.98. The molecule has 180 valence electrons. The first-order chi connectivity index (χ1) is 17.4. The zero-order valence-electron chi connectivity index (χ0n) is 19.1. The number of imidazole rings is 1. The highest BCUT2D eigenvalue weighted by atomic mass is 19.1. The zero-order valence-corrected chi connectivity index (χ0v) is 19.1. The maximum absolute atomic E-state index is 13.5. The lowest BCUT2D eigenvalue weighted by molar-refractivity contribution is 0.473. The first-order valence-corrected chi connectivity index (χ1v) is 11.0. The Morgan fingerprint density at radius 1 is 0.889 bits per heavy atom. The number of aromatic nitrogens is 5. The Morgan fingerprint density at radius 2 is 1.61 bits per heavy atom. The van der Waals surface area contributed by atoms with E-state index < -0.39 is 23.0 Å². The van der Waals surface area contributed by atoms with Gasteiger partial charge < -0.3 is 9.30 Å². The molecule has 0 saturated heterocycles. The van der Waals surface area contributed by atoms with E-state index in [9.17, 15) is 18.8 Å². The minimum atomic E-state index is -0.884. The summed E-state index contributed by atoms with van der Waals surface area (Å²) in [4.78, 5) is 44.5. The molecule has 3 aromatic carbocycles. The topological polar surface area (TPSA) is 104 Å². The Labute approximate surface area is 203 Å². The van der Waals surface area contributed by atoms with Crippen molar-refractivity contribution < 1.29 is 9.13 Å². The Bertz CT molecular complexity index is 1730. The number of nitrogens with one attached hydrogen (secondary N) is 1. The van der Waals surface area contributed by atoms with Gasteiger partial charge in [-0.25, -0.2) is 28.5 Å². The lowest BCUT2D eigenvalue weighted by atomic mass is 10.1. The third kappa shape index (κ3) is 4.51. The molecule has 5 rings (SSSR count). The molecule has 5 aromatic rings. The van der Waals surface area contributed by atoms with E-state index in [0.29, 0.717) is 22.7 Å². The molecule has 1 N–H and O–H groups in total. The average Bonchev–Trinajstić information content (AvgIpc) is 3.25. The molecule has 0 radical (unpaired) electrons. The normalized spacial score (nSPS) is 10.9. The van der Waals surface area contributed by atoms with Gasteiger partial charge in [-0.15, -0.1) is 0 Å². The number of hydrogen-bond donors (Lipinski definition) is 1. The third-order valence-corrected chi connectivity index (χ3v) is 5.49. The van der Waals surface area contributed by atoms with Crippen LogP contribution in [0.4, 0.5) is 4.39 Å². The Morgan fingerprint density at radius 3 is 2.28 bits per heavy atom. The van der Waals surface area contributed by atoms with E-state index in [1.54, 1.807) is 42.5 Å². The first-order valence-electron chi connectivity index (χ1n) is 11.0. The van der Waals surface area contributed by atoms with Crippen LogP contribution in [-0.4, -0.2) is 23.7 Å². The van der Waals surface area contributed by atoms with Crippen LogP contribution in [0, 0.1) is 12.9 Å². The van der Waals surface area contributed by atoms with Crippen LogP contribution in [0.5, 0.6) is 11.5 Å². The van der Waals surface area contributed by atoms with E-state index in [-0.39, 0.29) is 12.2 Å². The van der Waals surface area contributed by atoms with Gasteiger partial charge in [-0.3, -0.25) is 4.98 Å². The molecule has 2 aromatic heterocycles. The van der Waals surface area contributed by atoms with Crippen LogP contribution in [0.25, 0.3) is 11.4 Å². The molecule has 0 aliphatic rings. The molecule has 0 fully saturated rings. The summed E-state index contributed by atoms with van der Waals surface area (Å²) in [7, 11) is 0. The maximum Gasteiger partial charge on any atom is 0.345 e. The average molecular weight is 485 g/mol. The van der Waals surface area contributed by atoms with Crippen LogP contribution in [0.15, 0.2) is 99.7 Å². The number of nitrogens with zero attached hydrogens (tertiary/aromatic N) is 4. The van der Waals surface area contributed by atoms with Crippen molar-refractivity contribution >= 4 is 0 Å². The van der Waals surface area contributed by atoms with Gasteiger partial charge in [0.25, 0.3) is 0 Å². The highest BCUT2D eigenvalue weighted by Crippen LogP contribution is 2.28. The van der Waals surface area contributed by atoms with Crippen LogP contribution < -0.4 is 21.8 Å². The lowest BCUT2D eigenvalue weighted by Gasteiger charge is -2.15. The van der Waals surface area contributed by atoms with Crippen LogP contribution in [0.2, 0.25) is 0 Å². The lowest BCUT2D eigenvalue weighted by Crippen LogP contribution is -2.48. The minimum Gasteiger partial charge on any atom is -0.457 e. The Kier molecular flexibility index (Phi) is 5.91. The van der Waals surface area contributed by atoms with Crippen molar-refractivity contribution in [2.75, 3.05) is 0 Å². The fourth-order valence-electron chi connectivity index (χ4n) is 3.86. The molecule has 0 atom stereocenters. The number of para-hydroxylation sites is 1. The van der Waals surface area contributed by atoms with Crippen LogP contribution >= 0.6 is 0 Å². The van der Waals surface area contributed by atoms with Crippen molar-refractivity contribution in [3.8, 4) is 22.9 Å². The summed E-state index contributed by atoms with van der Waals surface area (Å²) in [5.74, 6) is 0.372. The molecule has 2 heterocycles. The minimum absolute atomic E-state index is 0.150. The van der Waals surface area contributed by atoms with Gasteiger partial charge in [-0.1, -0.05) is 30.3 Å². The SMILES string of the molecule is Cc1cccc(-n2c(=O)[nH]c(=O)n(-c3ccc(Oc4ccccc4)c(Cn4cnc(F)c4)c3)c2=O)c1. The second kappa shape index (κ2) is 9.34. The molecule has 0 aliphatic heterocycles. The summed E-state index contributed by atoms with van der Waals surface area (Å²) >= 11 is 0. The highest BCUT2D eigenvalue weighted by molar-refractivity contribution is 5.46. The van der Waals surface area contributed by atoms with Crippen molar-refractivity contribution in [2.24, 2.45) is 0 Å². The Balaban J connectivity index is 1.66. The Hall–Kier alpha value is -4.99. The summed E-state index contributed by atoms with van der Waals surface area (Å²) in [5.41, 5.74) is -0.630. The van der Waals surface area contributed by atoms with Gasteiger partial charge in [0.05, 0.1) is 30.4 Å². The number of ether oxygens (including phenoxy) is 1. The van der Waals surface area contributed by atoms with Gasteiger partial charge in [0, 0.05) is 5.56 Å². The van der Waals surface area contributed by atoms with E-state index >= 15 is 0 Å². The van der Waals surface area contributed by atoms with Crippen molar-refractivity contribution in [1.82, 2.24) is 23.7 Å². The summed E-state index contributed by atoms with van der Waals surface area (Å²) < 4.78 is 22.8. The first kappa shape index (κ1) is 22.8. The van der Waals surface area contributed by atoms with Gasteiger partial charge in [-0.05, 0) is 55.0 Å². The van der Waals surface area contributed by atoms with E-state index in [4.69, 9.17) is 4.74 Å². The number of rotatable bonds is 6. The van der Waals surface area contributed by atoms with Gasteiger partial charge in [0.2, 0.25) is 5.95 Å². The van der Waals surface area contributed by atoms with Crippen molar-refractivity contribution in [2.45, 2.75) is 13.5 Å². The second-order valence-electron chi connectivity index (χ2n) is 8.10. The van der Waals surface area contributed by atoms with Gasteiger partial charge in [0.15, 0.2) is 0 Å². The molecule has 10 heteroatoms. The van der Waals surface area contributed by atoms with Crippen molar-refractivity contribution in [3.63, 3.8) is 0 Å². The largest absolute Gasteiger partial charge is 0.457 e. The quantitative estimate of drug-likeness (QED) is 0.398. The molecule has 0 bridgehead atoms. The van der Waals surface area contributed by atoms with E-state index in [0.717, 1.165) is 14.7 Å². The molecular formula is C26H20FN5O4. The number of aryl methyl sites for hydroxylation is 1. The fraction of sp³-hybridized carbons (Fsp3) is 0.0769. The maximum atomic E-state index is 13.5. The molecule has 0 aliphatic carbocycles. The molecule has 0 spiro atoms. The van der Waals surface area contributed by atoms with E-state index in [1.165, 1.54) is 23.2 Å². The van der Waals surface area contributed by atoms with Gasteiger partial charge >= 0.3 is 17.1 Å². The van der Waals surface area contributed by atoms with Crippen LogP contribution in [0.3, 0.4) is 0 Å². The van der Waals surface area contributed by atoms with Gasteiger partial charge in [-0.2, -0.15) is 4.39 Å². The van der Waals surface area contributed by atoms with Crippen LogP contribution in [0.1, 0.15) is 11.1 Å². The smallest absolute Gasteiger partial charge is 0.345 e. The van der Waals surface area contributed by atoms with E-state index in [2.05, 4.69) is 9.97 Å². The molecule has 9 nitrogen and oxygen atoms in total. The molecule has 0 saturated carbocycles. The number of H-pyrrole nitrogens is 1. The van der Waals surface area contributed by atoms with Crippen molar-refractivity contribution in [3.05, 3.63) is 134 Å². The summed E-state index contributed by atoms with van der Waals surface area (Å²) in [6, 6.07) is 20.6. The number of hydrogen-bond acceptors (Lipinski definition) is 5. The van der Waals surface area contributed by atoms with Crippen LogP contribution in [-0.2, 0) is 6.54 Å².